The zero-order valence-corrected chi connectivity index (χ0v) is 16.7. The second kappa shape index (κ2) is 10.6. The molecule has 0 atom stereocenters. The number of rotatable bonds is 3. The van der Waals surface area contributed by atoms with Gasteiger partial charge in [0, 0.05) is 18.3 Å². The van der Waals surface area contributed by atoms with E-state index in [9.17, 15) is 13.2 Å². The first kappa shape index (κ1) is 23.3. The Balaban J connectivity index is 0.000000717. The van der Waals surface area contributed by atoms with Gasteiger partial charge in [0.05, 0.1) is 5.56 Å². The third kappa shape index (κ3) is 5.41. The fourth-order valence-electron chi connectivity index (χ4n) is 2.63. The SMILES string of the molecule is C=O.CCC.CCCn1c(-c2ccccc2C)nc2cc(C(F)(F)F)cnc21. The predicted octanol–water partition coefficient (Wildman–Crippen LogP) is 6.07. The van der Waals surface area contributed by atoms with E-state index >= 15 is 0 Å². The molecule has 4 nitrogen and oxygen atoms in total. The van der Waals surface area contributed by atoms with Crippen molar-refractivity contribution < 1.29 is 18.0 Å². The molecule has 0 radical (unpaired) electrons. The van der Waals surface area contributed by atoms with Crippen molar-refractivity contribution in [1.29, 1.82) is 0 Å². The Kier molecular flexibility index (Phi) is 8.82. The smallest absolute Gasteiger partial charge is 0.309 e. The number of imidazole rings is 1. The number of hydrogen-bond donors (Lipinski definition) is 0. The number of aryl methyl sites for hydroxylation is 2. The van der Waals surface area contributed by atoms with Gasteiger partial charge >= 0.3 is 6.18 Å². The van der Waals surface area contributed by atoms with Crippen LogP contribution in [0.3, 0.4) is 0 Å². The zero-order valence-electron chi connectivity index (χ0n) is 16.7. The van der Waals surface area contributed by atoms with Gasteiger partial charge in [0.15, 0.2) is 5.65 Å². The molecule has 0 amide bonds. The van der Waals surface area contributed by atoms with E-state index in [-0.39, 0.29) is 5.52 Å². The molecule has 0 unspecified atom stereocenters. The van der Waals surface area contributed by atoms with Gasteiger partial charge in [0.25, 0.3) is 0 Å². The molecule has 0 saturated heterocycles. The molecule has 2 heterocycles. The summed E-state index contributed by atoms with van der Waals surface area (Å²) in [5.41, 5.74) is 1.91. The van der Waals surface area contributed by atoms with Gasteiger partial charge in [-0.3, -0.25) is 0 Å². The summed E-state index contributed by atoms with van der Waals surface area (Å²) in [6.07, 6.45) is -1.45. The highest BCUT2D eigenvalue weighted by molar-refractivity contribution is 5.78. The molecular formula is C21H26F3N3O. The molecule has 3 aromatic rings. The van der Waals surface area contributed by atoms with Gasteiger partial charge < -0.3 is 9.36 Å². The van der Waals surface area contributed by atoms with Crippen LogP contribution in [-0.4, -0.2) is 21.3 Å². The van der Waals surface area contributed by atoms with Crippen LogP contribution in [0.25, 0.3) is 22.6 Å². The molecule has 0 aliphatic carbocycles. The van der Waals surface area contributed by atoms with Crippen molar-refractivity contribution in [3.8, 4) is 11.4 Å². The number of pyridine rings is 1. The maximum absolute atomic E-state index is 12.9. The molecule has 0 bridgehead atoms. The molecule has 0 N–H and O–H groups in total. The quantitative estimate of drug-likeness (QED) is 0.543. The number of hydrogen-bond acceptors (Lipinski definition) is 3. The summed E-state index contributed by atoms with van der Waals surface area (Å²) in [5.74, 6) is 0.659. The summed E-state index contributed by atoms with van der Waals surface area (Å²) in [4.78, 5) is 16.5. The van der Waals surface area contributed by atoms with Crippen LogP contribution in [0.1, 0.15) is 44.7 Å². The van der Waals surface area contributed by atoms with Crippen molar-refractivity contribution >= 4 is 18.0 Å². The molecule has 28 heavy (non-hydrogen) atoms. The average Bonchev–Trinajstić information content (AvgIpc) is 3.02. The van der Waals surface area contributed by atoms with Crippen LogP contribution in [-0.2, 0) is 17.5 Å². The second-order valence-electron chi connectivity index (χ2n) is 6.17. The first-order chi connectivity index (χ1) is 13.3. The normalized spacial score (nSPS) is 10.7. The predicted molar refractivity (Wildman–Crippen MR) is 106 cm³/mol. The third-order valence-corrected chi connectivity index (χ3v) is 3.75. The van der Waals surface area contributed by atoms with E-state index in [1.165, 1.54) is 6.42 Å². The molecule has 0 aliphatic rings. The van der Waals surface area contributed by atoms with Gasteiger partial charge in [-0.05, 0) is 25.0 Å². The van der Waals surface area contributed by atoms with Gasteiger partial charge in [0.1, 0.15) is 18.1 Å². The van der Waals surface area contributed by atoms with Crippen LogP contribution in [0.5, 0.6) is 0 Å². The molecule has 2 aromatic heterocycles. The lowest BCUT2D eigenvalue weighted by Crippen LogP contribution is -2.06. The van der Waals surface area contributed by atoms with E-state index in [0.717, 1.165) is 29.8 Å². The molecule has 3 rings (SSSR count). The minimum atomic E-state index is -4.42. The topological polar surface area (TPSA) is 47.8 Å². The summed E-state index contributed by atoms with van der Waals surface area (Å²) in [5, 5.41) is 0. The van der Waals surface area contributed by atoms with Crippen molar-refractivity contribution in [2.75, 3.05) is 0 Å². The Morgan fingerprint density at radius 2 is 1.71 bits per heavy atom. The Hall–Kier alpha value is -2.70. The summed E-state index contributed by atoms with van der Waals surface area (Å²) < 4.78 is 40.5. The molecule has 0 spiro atoms. The van der Waals surface area contributed by atoms with E-state index in [1.807, 2.05) is 49.5 Å². The lowest BCUT2D eigenvalue weighted by atomic mass is 10.1. The Labute approximate surface area is 163 Å². The highest BCUT2D eigenvalue weighted by atomic mass is 19.4. The number of nitrogens with zero attached hydrogens (tertiary/aromatic N) is 3. The highest BCUT2D eigenvalue weighted by Gasteiger charge is 2.32. The summed E-state index contributed by atoms with van der Waals surface area (Å²) in [6, 6.07) is 8.77. The van der Waals surface area contributed by atoms with Gasteiger partial charge in [-0.2, -0.15) is 13.2 Å². The maximum atomic E-state index is 12.9. The summed E-state index contributed by atoms with van der Waals surface area (Å²) in [6.45, 7) is 10.9. The van der Waals surface area contributed by atoms with Crippen LogP contribution >= 0.6 is 0 Å². The van der Waals surface area contributed by atoms with E-state index < -0.39 is 11.7 Å². The number of halogens is 3. The molecular weight excluding hydrogens is 367 g/mol. The second-order valence-corrected chi connectivity index (χ2v) is 6.17. The molecule has 0 aliphatic heterocycles. The molecule has 152 valence electrons. The fraction of sp³-hybridized carbons (Fsp3) is 0.381. The number of fused-ring (bicyclic) bond motifs is 1. The number of aromatic nitrogens is 3. The molecule has 0 fully saturated rings. The van der Waals surface area contributed by atoms with Crippen molar-refractivity contribution in [2.24, 2.45) is 0 Å². The number of alkyl halides is 3. The van der Waals surface area contributed by atoms with Gasteiger partial charge in [-0.25, -0.2) is 9.97 Å². The standard InChI is InChI=1S/C17H16F3N3.C3H8.CH2O/c1-3-8-23-15(13-7-5-4-6-11(13)2)22-14-9-12(17(18,19)20)10-21-16(14)23;1-3-2;1-2/h4-7,9-10H,3,8H2,1-2H3;3H2,1-2H3;1H2. The van der Waals surface area contributed by atoms with Gasteiger partial charge in [-0.15, -0.1) is 0 Å². The number of benzene rings is 1. The average molecular weight is 393 g/mol. The monoisotopic (exact) mass is 393 g/mol. The van der Waals surface area contributed by atoms with Crippen molar-refractivity contribution in [3.63, 3.8) is 0 Å². The van der Waals surface area contributed by atoms with Crippen LogP contribution in [0.4, 0.5) is 13.2 Å². The van der Waals surface area contributed by atoms with Crippen LogP contribution in [0.2, 0.25) is 0 Å². The Morgan fingerprint density at radius 1 is 1.11 bits per heavy atom. The lowest BCUT2D eigenvalue weighted by Gasteiger charge is -2.09. The molecule has 1 aromatic carbocycles. The Bertz CT molecular complexity index is 888. The molecule has 0 saturated carbocycles. The van der Waals surface area contributed by atoms with Crippen molar-refractivity contribution in [2.45, 2.75) is 53.3 Å². The maximum Gasteiger partial charge on any atom is 0.417 e. The van der Waals surface area contributed by atoms with E-state index in [1.54, 1.807) is 0 Å². The first-order valence-electron chi connectivity index (χ1n) is 9.11. The minimum absolute atomic E-state index is 0.270. The van der Waals surface area contributed by atoms with Crippen molar-refractivity contribution in [3.05, 3.63) is 47.7 Å². The number of carbonyl (C=O) groups excluding carboxylic acids is 1. The Morgan fingerprint density at radius 3 is 2.25 bits per heavy atom. The third-order valence-electron chi connectivity index (χ3n) is 3.75. The van der Waals surface area contributed by atoms with Crippen LogP contribution in [0, 0.1) is 6.92 Å². The summed E-state index contributed by atoms with van der Waals surface area (Å²) in [7, 11) is 0. The van der Waals surface area contributed by atoms with Gasteiger partial charge in [0.2, 0.25) is 0 Å². The number of carbonyl (C=O) groups is 1. The zero-order chi connectivity index (χ0) is 21.3. The van der Waals surface area contributed by atoms with Crippen LogP contribution < -0.4 is 0 Å². The molecule has 7 heteroatoms. The summed E-state index contributed by atoms with van der Waals surface area (Å²) >= 11 is 0. The van der Waals surface area contributed by atoms with E-state index in [0.29, 0.717) is 18.0 Å². The van der Waals surface area contributed by atoms with Gasteiger partial charge in [-0.1, -0.05) is 51.5 Å². The minimum Gasteiger partial charge on any atom is -0.309 e. The largest absolute Gasteiger partial charge is 0.417 e. The lowest BCUT2D eigenvalue weighted by molar-refractivity contribution is -0.137. The first-order valence-corrected chi connectivity index (χ1v) is 9.11. The fourth-order valence-corrected chi connectivity index (χ4v) is 2.63. The van der Waals surface area contributed by atoms with Crippen molar-refractivity contribution in [1.82, 2.24) is 14.5 Å². The van der Waals surface area contributed by atoms with E-state index in [2.05, 4.69) is 23.8 Å². The highest BCUT2D eigenvalue weighted by Crippen LogP contribution is 2.32. The van der Waals surface area contributed by atoms with E-state index in [4.69, 9.17) is 4.79 Å². The van der Waals surface area contributed by atoms with Crippen LogP contribution in [0.15, 0.2) is 36.5 Å².